The summed E-state index contributed by atoms with van der Waals surface area (Å²) in [6, 6.07) is 5.16. The molecule has 0 bridgehead atoms. The molecule has 1 aliphatic heterocycles. The minimum atomic E-state index is -0.404. The fourth-order valence-electron chi connectivity index (χ4n) is 3.07. The van der Waals surface area contributed by atoms with Gasteiger partial charge in [0.15, 0.2) is 5.75 Å². The minimum Gasteiger partial charge on any atom is -0.487 e. The summed E-state index contributed by atoms with van der Waals surface area (Å²) in [7, 11) is 0. The van der Waals surface area contributed by atoms with Gasteiger partial charge in [-0.05, 0) is 38.3 Å². The quantitative estimate of drug-likeness (QED) is 0.646. The first-order valence-corrected chi connectivity index (χ1v) is 8.15. The van der Waals surface area contributed by atoms with Gasteiger partial charge in [0.1, 0.15) is 12.2 Å². The number of rotatable bonds is 6. The van der Waals surface area contributed by atoms with Gasteiger partial charge in [-0.3, -0.25) is 10.1 Å². The van der Waals surface area contributed by atoms with Crippen molar-refractivity contribution in [2.75, 3.05) is 6.61 Å². The first-order chi connectivity index (χ1) is 11.6. The molecule has 2 atom stereocenters. The van der Waals surface area contributed by atoms with Crippen molar-refractivity contribution in [1.29, 1.82) is 0 Å². The molecule has 0 saturated heterocycles. The normalized spacial score (nSPS) is 18.0. The average molecular weight is 331 g/mol. The highest BCUT2D eigenvalue weighted by atomic mass is 16.6. The maximum atomic E-state index is 11.3. The number of aryl methyl sites for hydroxylation is 1. The summed E-state index contributed by atoms with van der Waals surface area (Å²) in [5, 5.41) is 19.0. The standard InChI is InChI=1S/C16H21N5O3/c1-3-24-15-7-6-12(9-14(15)21(22)23)11(2)19-13-5-4-8-20-16(13)17-10-18-20/h6-7,9-11,13,19H,3-5,8H2,1-2H3/t11-,13+/m0/s1. The van der Waals surface area contributed by atoms with E-state index in [1.807, 2.05) is 17.7 Å². The van der Waals surface area contributed by atoms with Gasteiger partial charge >= 0.3 is 5.69 Å². The molecule has 128 valence electrons. The second-order valence-electron chi connectivity index (χ2n) is 5.84. The van der Waals surface area contributed by atoms with Crippen molar-refractivity contribution in [2.24, 2.45) is 0 Å². The van der Waals surface area contributed by atoms with E-state index in [0.29, 0.717) is 12.4 Å². The molecule has 0 spiro atoms. The van der Waals surface area contributed by atoms with E-state index in [0.717, 1.165) is 30.8 Å². The third-order valence-electron chi connectivity index (χ3n) is 4.25. The Labute approximate surface area is 140 Å². The molecule has 0 radical (unpaired) electrons. The molecule has 0 amide bonds. The van der Waals surface area contributed by atoms with Crippen LogP contribution < -0.4 is 10.1 Å². The van der Waals surface area contributed by atoms with E-state index in [9.17, 15) is 10.1 Å². The lowest BCUT2D eigenvalue weighted by atomic mass is 10.0. The lowest BCUT2D eigenvalue weighted by molar-refractivity contribution is -0.385. The fourth-order valence-corrected chi connectivity index (χ4v) is 3.07. The molecule has 1 aromatic heterocycles. The summed E-state index contributed by atoms with van der Waals surface area (Å²) in [5.41, 5.74) is 0.844. The molecular formula is C16H21N5O3. The topological polar surface area (TPSA) is 95.1 Å². The average Bonchev–Trinajstić information content (AvgIpc) is 3.05. The summed E-state index contributed by atoms with van der Waals surface area (Å²) in [4.78, 5) is 15.2. The lowest BCUT2D eigenvalue weighted by Gasteiger charge is -2.26. The maximum absolute atomic E-state index is 11.3. The Morgan fingerprint density at radius 1 is 1.54 bits per heavy atom. The first-order valence-electron chi connectivity index (χ1n) is 8.15. The van der Waals surface area contributed by atoms with Crippen LogP contribution in [-0.2, 0) is 6.54 Å². The van der Waals surface area contributed by atoms with Gasteiger partial charge in [-0.25, -0.2) is 9.67 Å². The second-order valence-corrected chi connectivity index (χ2v) is 5.84. The predicted molar refractivity (Wildman–Crippen MR) is 87.8 cm³/mol. The van der Waals surface area contributed by atoms with Gasteiger partial charge in [0.2, 0.25) is 0 Å². The number of benzene rings is 1. The van der Waals surface area contributed by atoms with E-state index in [-0.39, 0.29) is 17.8 Å². The minimum absolute atomic E-state index is 0.00480. The Balaban J connectivity index is 1.80. The van der Waals surface area contributed by atoms with Crippen molar-refractivity contribution < 1.29 is 9.66 Å². The van der Waals surface area contributed by atoms with E-state index in [2.05, 4.69) is 15.4 Å². The Kier molecular flexibility index (Phi) is 4.75. The van der Waals surface area contributed by atoms with Gasteiger partial charge in [0, 0.05) is 18.7 Å². The van der Waals surface area contributed by atoms with Crippen molar-refractivity contribution in [3.63, 3.8) is 0 Å². The monoisotopic (exact) mass is 331 g/mol. The SMILES string of the molecule is CCOc1ccc([C@H](C)N[C@@H]2CCCn3ncnc32)cc1[N+](=O)[O-]. The molecule has 0 saturated carbocycles. The van der Waals surface area contributed by atoms with Gasteiger partial charge in [-0.2, -0.15) is 5.10 Å². The molecule has 0 fully saturated rings. The Bertz CT molecular complexity index is 730. The van der Waals surface area contributed by atoms with Crippen LogP contribution in [0.25, 0.3) is 0 Å². The zero-order valence-corrected chi connectivity index (χ0v) is 13.8. The highest BCUT2D eigenvalue weighted by molar-refractivity contribution is 5.49. The number of hydrogen-bond donors (Lipinski definition) is 1. The zero-order valence-electron chi connectivity index (χ0n) is 13.8. The molecule has 1 aliphatic rings. The van der Waals surface area contributed by atoms with E-state index in [1.165, 1.54) is 0 Å². The molecule has 8 nitrogen and oxygen atoms in total. The van der Waals surface area contributed by atoms with Crippen LogP contribution in [0.3, 0.4) is 0 Å². The second kappa shape index (κ2) is 6.96. The van der Waals surface area contributed by atoms with Crippen LogP contribution in [0.5, 0.6) is 5.75 Å². The summed E-state index contributed by atoms with van der Waals surface area (Å²) in [5.74, 6) is 1.23. The van der Waals surface area contributed by atoms with E-state index in [4.69, 9.17) is 4.74 Å². The number of nitrogens with one attached hydrogen (secondary N) is 1. The number of nitro groups is 1. The summed E-state index contributed by atoms with van der Waals surface area (Å²) >= 11 is 0. The highest BCUT2D eigenvalue weighted by Crippen LogP contribution is 2.32. The number of ether oxygens (including phenoxy) is 1. The van der Waals surface area contributed by atoms with Gasteiger partial charge < -0.3 is 10.1 Å². The van der Waals surface area contributed by atoms with Gasteiger partial charge in [0.05, 0.1) is 17.6 Å². The van der Waals surface area contributed by atoms with Crippen LogP contribution in [0.4, 0.5) is 5.69 Å². The molecule has 8 heteroatoms. The fraction of sp³-hybridized carbons (Fsp3) is 0.500. The van der Waals surface area contributed by atoms with Crippen molar-refractivity contribution in [1.82, 2.24) is 20.1 Å². The first kappa shape index (κ1) is 16.4. The summed E-state index contributed by atoms with van der Waals surface area (Å²) < 4.78 is 7.25. The molecule has 1 N–H and O–H groups in total. The number of fused-ring (bicyclic) bond motifs is 1. The van der Waals surface area contributed by atoms with Gasteiger partial charge in [-0.1, -0.05) is 6.07 Å². The molecule has 24 heavy (non-hydrogen) atoms. The summed E-state index contributed by atoms with van der Waals surface area (Å²) in [6.45, 7) is 5.08. The molecular weight excluding hydrogens is 310 g/mol. The predicted octanol–water partition coefficient (Wildman–Crippen LogP) is 2.77. The van der Waals surface area contributed by atoms with Crippen molar-refractivity contribution >= 4 is 5.69 Å². The van der Waals surface area contributed by atoms with Crippen molar-refractivity contribution in [3.8, 4) is 5.75 Å². The van der Waals surface area contributed by atoms with E-state index >= 15 is 0 Å². The molecule has 3 rings (SSSR count). The number of nitrogens with zero attached hydrogens (tertiary/aromatic N) is 4. The highest BCUT2D eigenvalue weighted by Gasteiger charge is 2.25. The number of aromatic nitrogens is 3. The third kappa shape index (κ3) is 3.23. The summed E-state index contributed by atoms with van der Waals surface area (Å²) in [6.07, 6.45) is 3.58. The Hall–Kier alpha value is -2.48. The smallest absolute Gasteiger partial charge is 0.311 e. The van der Waals surface area contributed by atoms with Gasteiger partial charge in [0.25, 0.3) is 0 Å². The van der Waals surface area contributed by atoms with Crippen molar-refractivity contribution in [3.05, 3.63) is 46.0 Å². The zero-order chi connectivity index (χ0) is 17.1. The van der Waals surface area contributed by atoms with Crippen LogP contribution in [0.2, 0.25) is 0 Å². The van der Waals surface area contributed by atoms with E-state index in [1.54, 1.807) is 25.4 Å². The number of nitro benzene ring substituents is 1. The van der Waals surface area contributed by atoms with Crippen LogP contribution in [0.1, 0.15) is 50.2 Å². The third-order valence-corrected chi connectivity index (χ3v) is 4.25. The Morgan fingerprint density at radius 3 is 3.12 bits per heavy atom. The molecule has 1 aromatic carbocycles. The lowest BCUT2D eigenvalue weighted by Crippen LogP contribution is -2.30. The molecule has 2 heterocycles. The van der Waals surface area contributed by atoms with Gasteiger partial charge in [-0.15, -0.1) is 0 Å². The molecule has 0 aliphatic carbocycles. The van der Waals surface area contributed by atoms with E-state index < -0.39 is 4.92 Å². The molecule has 2 aromatic rings. The van der Waals surface area contributed by atoms with Crippen LogP contribution >= 0.6 is 0 Å². The number of hydrogen-bond acceptors (Lipinski definition) is 6. The van der Waals surface area contributed by atoms with Crippen LogP contribution in [0, 0.1) is 10.1 Å². The largest absolute Gasteiger partial charge is 0.487 e. The molecule has 0 unspecified atom stereocenters. The van der Waals surface area contributed by atoms with Crippen molar-refractivity contribution in [2.45, 2.75) is 45.3 Å². The maximum Gasteiger partial charge on any atom is 0.311 e. The van der Waals surface area contributed by atoms with Crippen LogP contribution in [-0.4, -0.2) is 26.3 Å². The Morgan fingerprint density at radius 2 is 2.38 bits per heavy atom. The van der Waals surface area contributed by atoms with Crippen LogP contribution in [0.15, 0.2) is 24.5 Å².